The highest BCUT2D eigenvalue weighted by molar-refractivity contribution is 7.91. The number of cyclic esters (lactones) is 1. The van der Waals surface area contributed by atoms with Crippen LogP contribution < -0.4 is 29.7 Å². The molecule has 3 N–H and O–H groups in total. The van der Waals surface area contributed by atoms with Gasteiger partial charge in [0.25, 0.3) is 5.91 Å². The maximum absolute atomic E-state index is 15.0. The Kier molecular flexibility index (Phi) is 13.0. The van der Waals surface area contributed by atoms with E-state index in [9.17, 15) is 27.6 Å². The van der Waals surface area contributed by atoms with E-state index < -0.39 is 80.2 Å². The number of nitrogens with zero attached hydrogens (tertiary/aromatic N) is 3. The summed E-state index contributed by atoms with van der Waals surface area (Å²) >= 11 is 0. The lowest BCUT2D eigenvalue weighted by Crippen LogP contribution is -2.59. The van der Waals surface area contributed by atoms with Crippen LogP contribution in [0.5, 0.6) is 11.5 Å². The molecule has 4 fully saturated rings. The van der Waals surface area contributed by atoms with Crippen LogP contribution in [0, 0.1) is 17.3 Å². The second-order valence-corrected chi connectivity index (χ2v) is 20.2. The van der Waals surface area contributed by atoms with Crippen LogP contribution in [0.4, 0.5) is 15.4 Å². The number of amides is 5. The summed E-state index contributed by atoms with van der Waals surface area (Å²) in [4.78, 5) is 77.4. The summed E-state index contributed by atoms with van der Waals surface area (Å²) in [7, 11) is -0.842. The minimum absolute atomic E-state index is 0.0275. The van der Waals surface area contributed by atoms with Crippen LogP contribution in [-0.4, -0.2) is 111 Å². The zero-order valence-corrected chi connectivity index (χ0v) is 37.1. The first-order valence-corrected chi connectivity index (χ1v) is 23.4. The standard InChI is InChI=1S/C44H60N6O11S/c1-7-28-23-44(28,40(53)48-62(56,57)30-16-17-30)47-38(51)33-20-29-24-50(33)39(52)37(26-13-10-9-11-14-26)46-41(54)60-25-43(3,4)18-12-15-27-19-31-32(21-34(27)58-6)45-36(22-35(31)61-29)49(5)42(55)59-8-2/h7,19,21-22,26,28-30,33,37H,1,8-18,20,23-25H2,2-6H3,(H,46,54)(H,47,51)(H,48,53)/t28-,29-,33+,37+,44-/m1/s1. The molecule has 0 spiro atoms. The molecule has 5 amide bonds. The molecule has 7 rings (SSSR count). The molecule has 0 unspecified atom stereocenters. The Morgan fingerprint density at radius 2 is 1.84 bits per heavy atom. The number of aryl methyl sites for hydroxylation is 1. The number of benzene rings is 1. The molecule has 5 atom stereocenters. The van der Waals surface area contributed by atoms with Crippen molar-refractivity contribution in [3.05, 3.63) is 36.4 Å². The fourth-order valence-corrected chi connectivity index (χ4v) is 10.4. The molecular formula is C44H60N6O11S. The Labute approximate surface area is 363 Å². The third-order valence-corrected chi connectivity index (χ3v) is 14.8. The first kappa shape index (κ1) is 44.9. The Hall–Kier alpha value is -5.13. The van der Waals surface area contributed by atoms with E-state index in [0.717, 1.165) is 31.2 Å². The number of pyridine rings is 1. The summed E-state index contributed by atoms with van der Waals surface area (Å²) in [6, 6.07) is 3.12. The first-order chi connectivity index (χ1) is 29.5. The van der Waals surface area contributed by atoms with Gasteiger partial charge in [-0.05, 0) is 81.3 Å². The number of aromatic nitrogens is 1. The Morgan fingerprint density at radius 3 is 2.50 bits per heavy atom. The lowest BCUT2D eigenvalue weighted by atomic mass is 9.83. The van der Waals surface area contributed by atoms with Crippen molar-refractivity contribution in [1.29, 1.82) is 0 Å². The van der Waals surface area contributed by atoms with E-state index in [-0.39, 0.29) is 44.3 Å². The van der Waals surface area contributed by atoms with Gasteiger partial charge in [0.2, 0.25) is 21.8 Å². The summed E-state index contributed by atoms with van der Waals surface area (Å²) in [6.45, 7) is 9.69. The van der Waals surface area contributed by atoms with Gasteiger partial charge in [0.15, 0.2) is 0 Å². The van der Waals surface area contributed by atoms with Crippen molar-refractivity contribution in [2.45, 2.75) is 127 Å². The molecule has 5 aliphatic rings. The molecule has 2 aromatic rings. The molecule has 4 bridgehead atoms. The predicted molar refractivity (Wildman–Crippen MR) is 229 cm³/mol. The van der Waals surface area contributed by atoms with Crippen molar-refractivity contribution in [2.75, 3.05) is 38.8 Å². The van der Waals surface area contributed by atoms with Crippen LogP contribution in [0.25, 0.3) is 10.9 Å². The van der Waals surface area contributed by atoms with E-state index >= 15 is 4.79 Å². The van der Waals surface area contributed by atoms with Gasteiger partial charge in [-0.15, -0.1) is 6.58 Å². The van der Waals surface area contributed by atoms with Crippen molar-refractivity contribution in [1.82, 2.24) is 25.2 Å². The second kappa shape index (κ2) is 17.9. The maximum Gasteiger partial charge on any atom is 0.415 e. The van der Waals surface area contributed by atoms with Crippen LogP contribution in [0.1, 0.15) is 97.0 Å². The molecular weight excluding hydrogens is 821 g/mol. The van der Waals surface area contributed by atoms with Gasteiger partial charge in [0.1, 0.15) is 41.0 Å². The minimum Gasteiger partial charge on any atom is -0.496 e. The number of rotatable bonds is 10. The lowest BCUT2D eigenvalue weighted by Gasteiger charge is -2.35. The normalized spacial score (nSPS) is 26.8. The lowest BCUT2D eigenvalue weighted by molar-refractivity contribution is -0.142. The number of hydrogen-bond donors (Lipinski definition) is 3. The van der Waals surface area contributed by atoms with Gasteiger partial charge >= 0.3 is 12.2 Å². The van der Waals surface area contributed by atoms with Crippen molar-refractivity contribution in [3.63, 3.8) is 0 Å². The number of ether oxygens (including phenoxy) is 4. The largest absolute Gasteiger partial charge is 0.496 e. The van der Waals surface area contributed by atoms with Crippen LogP contribution in [0.15, 0.2) is 30.9 Å². The molecule has 1 aromatic heterocycles. The van der Waals surface area contributed by atoms with Gasteiger partial charge in [0.05, 0.1) is 37.6 Å². The summed E-state index contributed by atoms with van der Waals surface area (Å²) in [6.07, 6.45) is 6.42. The molecule has 0 radical (unpaired) electrons. The maximum atomic E-state index is 15.0. The van der Waals surface area contributed by atoms with Crippen LogP contribution in [0.3, 0.4) is 0 Å². The van der Waals surface area contributed by atoms with Gasteiger partial charge in [0, 0.05) is 36.9 Å². The van der Waals surface area contributed by atoms with Crippen LogP contribution in [0.2, 0.25) is 0 Å². The number of methoxy groups -OCH3 is 1. The Balaban J connectivity index is 1.29. The van der Waals surface area contributed by atoms with Gasteiger partial charge in [-0.25, -0.2) is 23.0 Å². The van der Waals surface area contributed by atoms with E-state index in [1.165, 1.54) is 22.9 Å². The summed E-state index contributed by atoms with van der Waals surface area (Å²) < 4.78 is 51.6. The van der Waals surface area contributed by atoms with Gasteiger partial charge in [-0.2, -0.15) is 0 Å². The van der Waals surface area contributed by atoms with E-state index in [1.54, 1.807) is 26.2 Å². The SMILES string of the molecule is C=C[C@@H]1C[C@]1(NC(=O)[C@@H]1C[C@@H]2CN1C(=O)[C@H](C1CCCCC1)NC(=O)OCC(C)(C)CCCc1cc3c(cc(N(C)C(=O)OCC)nc3cc1OC)O2)C(=O)NS(=O)(=O)C1CC1. The zero-order chi connectivity index (χ0) is 44.6. The summed E-state index contributed by atoms with van der Waals surface area (Å²) in [5, 5.41) is 5.68. The number of hydrogen-bond acceptors (Lipinski definition) is 12. The average molecular weight is 881 g/mol. The number of alkyl carbamates (subject to hydrolysis) is 1. The topological polar surface area (TPSA) is 212 Å². The highest BCUT2D eigenvalue weighted by atomic mass is 32.2. The predicted octanol–water partition coefficient (Wildman–Crippen LogP) is 4.89. The van der Waals surface area contributed by atoms with Crippen molar-refractivity contribution >= 4 is 56.7 Å². The highest BCUT2D eigenvalue weighted by Crippen LogP contribution is 2.46. The zero-order valence-electron chi connectivity index (χ0n) is 36.3. The van der Waals surface area contributed by atoms with Crippen molar-refractivity contribution in [2.24, 2.45) is 17.3 Å². The van der Waals surface area contributed by atoms with Gasteiger partial charge < -0.3 is 34.5 Å². The number of carbonyl (C=O) groups excluding carboxylic acids is 5. The molecule has 62 heavy (non-hydrogen) atoms. The molecule has 17 nitrogen and oxygen atoms in total. The smallest absolute Gasteiger partial charge is 0.415 e. The third kappa shape index (κ3) is 9.59. The quantitative estimate of drug-likeness (QED) is 0.273. The molecule has 1 saturated heterocycles. The van der Waals surface area contributed by atoms with Crippen molar-refractivity contribution < 1.29 is 51.3 Å². The number of nitrogens with one attached hydrogen (secondary N) is 3. The molecule has 338 valence electrons. The van der Waals surface area contributed by atoms with E-state index in [4.69, 9.17) is 23.9 Å². The molecule has 3 aliphatic carbocycles. The number of anilines is 1. The fourth-order valence-electron chi connectivity index (χ4n) is 9.08. The summed E-state index contributed by atoms with van der Waals surface area (Å²) in [5.41, 5.74) is -0.673. The molecule has 1 aromatic carbocycles. The monoisotopic (exact) mass is 880 g/mol. The Morgan fingerprint density at radius 1 is 1.10 bits per heavy atom. The third-order valence-electron chi connectivity index (χ3n) is 13.0. The second-order valence-electron chi connectivity index (χ2n) is 18.2. The van der Waals surface area contributed by atoms with E-state index in [0.29, 0.717) is 60.9 Å². The first-order valence-electron chi connectivity index (χ1n) is 21.8. The number of fused-ring (bicyclic) bond motifs is 3. The van der Waals surface area contributed by atoms with Crippen LogP contribution >= 0.6 is 0 Å². The van der Waals surface area contributed by atoms with E-state index in [2.05, 4.69) is 21.9 Å². The number of sulfonamides is 1. The molecule has 3 saturated carbocycles. The summed E-state index contributed by atoms with van der Waals surface area (Å²) in [5.74, 6) is -1.68. The molecule has 3 heterocycles. The van der Waals surface area contributed by atoms with Crippen LogP contribution in [-0.2, 0) is 40.3 Å². The highest BCUT2D eigenvalue weighted by Gasteiger charge is 2.62. The number of carbonyl (C=O) groups is 5. The van der Waals surface area contributed by atoms with Gasteiger partial charge in [-0.1, -0.05) is 39.2 Å². The minimum atomic E-state index is -3.94. The fraction of sp³-hybridized carbons (Fsp3) is 0.636. The van der Waals surface area contributed by atoms with Gasteiger partial charge in [-0.3, -0.25) is 24.0 Å². The molecule has 18 heteroatoms. The Bertz CT molecular complexity index is 2210. The van der Waals surface area contributed by atoms with Crippen molar-refractivity contribution in [3.8, 4) is 11.5 Å². The molecule has 2 aliphatic heterocycles. The van der Waals surface area contributed by atoms with E-state index in [1.807, 2.05) is 19.9 Å². The average Bonchev–Trinajstić information content (AvgIpc) is 4.18.